The minimum atomic E-state index is -0.329. The molecule has 0 unspecified atom stereocenters. The zero-order chi connectivity index (χ0) is 9.97. The van der Waals surface area contributed by atoms with Crippen LogP contribution in [-0.4, -0.2) is 25.3 Å². The highest BCUT2D eigenvalue weighted by Crippen LogP contribution is 2.19. The van der Waals surface area contributed by atoms with E-state index in [4.69, 9.17) is 9.47 Å². The van der Waals surface area contributed by atoms with Crippen molar-refractivity contribution < 1.29 is 14.3 Å². The molecule has 1 fully saturated rings. The van der Waals surface area contributed by atoms with Crippen molar-refractivity contribution in [3.63, 3.8) is 0 Å². The van der Waals surface area contributed by atoms with Crippen LogP contribution in [0.5, 0.6) is 0 Å². The number of ether oxygens (including phenoxy) is 2. The standard InChI is InChI=1S/C10H12O3S/c1-7-2-3-9(14-7)8(11)6-10-12-4-5-13-10/h2-3,10H,4-6H2,1H3. The molecule has 0 aromatic carbocycles. The molecule has 2 heterocycles. The van der Waals surface area contributed by atoms with Crippen LogP contribution in [0, 0.1) is 6.92 Å². The molecule has 0 radical (unpaired) electrons. The molecule has 0 bridgehead atoms. The van der Waals surface area contributed by atoms with Gasteiger partial charge in [0.15, 0.2) is 12.1 Å². The lowest BCUT2D eigenvalue weighted by Gasteiger charge is -2.05. The van der Waals surface area contributed by atoms with E-state index < -0.39 is 0 Å². The second kappa shape index (κ2) is 4.21. The summed E-state index contributed by atoms with van der Waals surface area (Å²) in [7, 11) is 0. The summed E-state index contributed by atoms with van der Waals surface area (Å²) < 4.78 is 10.4. The molecule has 0 saturated carbocycles. The number of carbonyl (C=O) groups excluding carboxylic acids is 1. The smallest absolute Gasteiger partial charge is 0.177 e. The Balaban J connectivity index is 1.95. The maximum atomic E-state index is 11.7. The zero-order valence-corrected chi connectivity index (χ0v) is 8.80. The summed E-state index contributed by atoms with van der Waals surface area (Å²) in [6, 6.07) is 3.81. The largest absolute Gasteiger partial charge is 0.350 e. The van der Waals surface area contributed by atoms with E-state index >= 15 is 0 Å². The first-order chi connectivity index (χ1) is 6.75. The predicted octanol–water partition coefficient (Wildman–Crippen LogP) is 2.00. The maximum Gasteiger partial charge on any atom is 0.177 e. The minimum Gasteiger partial charge on any atom is -0.350 e. The molecule has 0 N–H and O–H groups in total. The van der Waals surface area contributed by atoms with Gasteiger partial charge in [0.05, 0.1) is 24.5 Å². The van der Waals surface area contributed by atoms with E-state index in [1.54, 1.807) is 0 Å². The van der Waals surface area contributed by atoms with E-state index in [2.05, 4.69) is 0 Å². The van der Waals surface area contributed by atoms with Crippen molar-refractivity contribution in [3.05, 3.63) is 21.9 Å². The van der Waals surface area contributed by atoms with E-state index in [0.717, 1.165) is 9.75 Å². The molecule has 1 saturated heterocycles. The molecule has 0 aliphatic carbocycles. The van der Waals surface area contributed by atoms with Gasteiger partial charge in [0.1, 0.15) is 0 Å². The number of carbonyl (C=O) groups is 1. The number of ketones is 1. The van der Waals surface area contributed by atoms with E-state index in [0.29, 0.717) is 19.6 Å². The zero-order valence-electron chi connectivity index (χ0n) is 7.99. The van der Waals surface area contributed by atoms with Crippen molar-refractivity contribution in [1.82, 2.24) is 0 Å². The third kappa shape index (κ3) is 2.20. The highest BCUT2D eigenvalue weighted by Gasteiger charge is 2.21. The Morgan fingerprint density at radius 3 is 2.79 bits per heavy atom. The molecule has 0 amide bonds. The van der Waals surface area contributed by atoms with Crippen molar-refractivity contribution in [2.45, 2.75) is 19.6 Å². The SMILES string of the molecule is Cc1ccc(C(=O)CC2OCCO2)s1. The van der Waals surface area contributed by atoms with Gasteiger partial charge in [0.25, 0.3) is 0 Å². The monoisotopic (exact) mass is 212 g/mol. The van der Waals surface area contributed by atoms with Gasteiger partial charge < -0.3 is 9.47 Å². The first kappa shape index (κ1) is 9.83. The number of thiophene rings is 1. The van der Waals surface area contributed by atoms with E-state index in [1.807, 2.05) is 19.1 Å². The van der Waals surface area contributed by atoms with E-state index in [9.17, 15) is 4.79 Å². The van der Waals surface area contributed by atoms with Crippen LogP contribution in [0.1, 0.15) is 21.0 Å². The van der Waals surface area contributed by atoms with Gasteiger partial charge in [-0.1, -0.05) is 0 Å². The van der Waals surface area contributed by atoms with Crippen molar-refractivity contribution in [3.8, 4) is 0 Å². The second-order valence-corrected chi connectivity index (χ2v) is 4.50. The molecule has 0 atom stereocenters. The summed E-state index contributed by atoms with van der Waals surface area (Å²) in [4.78, 5) is 13.6. The van der Waals surface area contributed by atoms with Crippen molar-refractivity contribution in [1.29, 1.82) is 0 Å². The van der Waals surface area contributed by atoms with Gasteiger partial charge in [0, 0.05) is 4.88 Å². The lowest BCUT2D eigenvalue weighted by atomic mass is 10.2. The molecule has 2 rings (SSSR count). The Bertz CT molecular complexity index is 326. The van der Waals surface area contributed by atoms with E-state index in [-0.39, 0.29) is 12.1 Å². The third-order valence-corrected chi connectivity index (χ3v) is 3.10. The Morgan fingerprint density at radius 2 is 2.21 bits per heavy atom. The minimum absolute atomic E-state index is 0.106. The van der Waals surface area contributed by atoms with Crippen LogP contribution in [0.25, 0.3) is 0 Å². The second-order valence-electron chi connectivity index (χ2n) is 3.21. The molecular formula is C10H12O3S. The van der Waals surface area contributed by atoms with Crippen LogP contribution >= 0.6 is 11.3 Å². The first-order valence-corrected chi connectivity index (χ1v) is 5.40. The quantitative estimate of drug-likeness (QED) is 0.719. The highest BCUT2D eigenvalue weighted by molar-refractivity contribution is 7.14. The summed E-state index contributed by atoms with van der Waals surface area (Å²) in [6.07, 6.45) is 0.00450. The fourth-order valence-corrected chi connectivity index (χ4v) is 2.18. The normalized spacial score (nSPS) is 17.5. The molecule has 0 spiro atoms. The lowest BCUT2D eigenvalue weighted by molar-refractivity contribution is -0.0406. The molecule has 76 valence electrons. The van der Waals surface area contributed by atoms with Gasteiger partial charge in [0.2, 0.25) is 0 Å². The molecular weight excluding hydrogens is 200 g/mol. The van der Waals surface area contributed by atoms with Gasteiger partial charge in [-0.15, -0.1) is 11.3 Å². The summed E-state index contributed by atoms with van der Waals surface area (Å²) in [5.74, 6) is 0.106. The van der Waals surface area contributed by atoms with Crippen molar-refractivity contribution in [2.24, 2.45) is 0 Å². The van der Waals surface area contributed by atoms with Crippen molar-refractivity contribution >= 4 is 17.1 Å². The molecule has 3 nitrogen and oxygen atoms in total. The van der Waals surface area contributed by atoms with Gasteiger partial charge in [-0.25, -0.2) is 0 Å². The molecule has 1 aromatic heterocycles. The summed E-state index contributed by atoms with van der Waals surface area (Å²) in [5.41, 5.74) is 0. The van der Waals surface area contributed by atoms with Crippen LogP contribution < -0.4 is 0 Å². The highest BCUT2D eigenvalue weighted by atomic mass is 32.1. The van der Waals surface area contributed by atoms with Gasteiger partial charge in [-0.05, 0) is 19.1 Å². The molecule has 1 aliphatic rings. The van der Waals surface area contributed by atoms with Gasteiger partial charge >= 0.3 is 0 Å². The van der Waals surface area contributed by atoms with Gasteiger partial charge in [-0.2, -0.15) is 0 Å². The average molecular weight is 212 g/mol. The van der Waals surface area contributed by atoms with Crippen LogP contribution in [-0.2, 0) is 9.47 Å². The summed E-state index contributed by atoms with van der Waals surface area (Å²) in [6.45, 7) is 3.19. The Morgan fingerprint density at radius 1 is 1.50 bits per heavy atom. The fourth-order valence-electron chi connectivity index (χ4n) is 1.36. The number of hydrogen-bond donors (Lipinski definition) is 0. The Labute approximate surface area is 86.6 Å². The Kier molecular flexibility index (Phi) is 2.96. The summed E-state index contributed by atoms with van der Waals surface area (Å²) in [5, 5.41) is 0. The lowest BCUT2D eigenvalue weighted by Crippen LogP contribution is -2.13. The van der Waals surface area contributed by atoms with Crippen LogP contribution in [0.15, 0.2) is 12.1 Å². The van der Waals surface area contributed by atoms with Crippen LogP contribution in [0.3, 0.4) is 0 Å². The number of hydrogen-bond acceptors (Lipinski definition) is 4. The molecule has 14 heavy (non-hydrogen) atoms. The third-order valence-electron chi connectivity index (χ3n) is 2.06. The average Bonchev–Trinajstić information content (AvgIpc) is 2.75. The Hall–Kier alpha value is -0.710. The molecule has 1 aromatic rings. The maximum absolute atomic E-state index is 11.7. The number of rotatable bonds is 3. The van der Waals surface area contributed by atoms with Gasteiger partial charge in [-0.3, -0.25) is 4.79 Å². The number of Topliss-reactive ketones (excluding diaryl/α,β-unsaturated/α-hetero) is 1. The van der Waals surface area contributed by atoms with Crippen LogP contribution in [0.2, 0.25) is 0 Å². The molecule has 4 heteroatoms. The number of aryl methyl sites for hydroxylation is 1. The van der Waals surface area contributed by atoms with E-state index in [1.165, 1.54) is 11.3 Å². The van der Waals surface area contributed by atoms with Crippen molar-refractivity contribution in [2.75, 3.05) is 13.2 Å². The summed E-state index contributed by atoms with van der Waals surface area (Å²) >= 11 is 1.52. The van der Waals surface area contributed by atoms with Crippen LogP contribution in [0.4, 0.5) is 0 Å². The topological polar surface area (TPSA) is 35.5 Å². The fraction of sp³-hybridized carbons (Fsp3) is 0.500. The first-order valence-electron chi connectivity index (χ1n) is 4.58. The molecule has 1 aliphatic heterocycles. The predicted molar refractivity (Wildman–Crippen MR) is 53.7 cm³/mol.